The van der Waals surface area contributed by atoms with E-state index in [0.717, 1.165) is 37.4 Å². The van der Waals surface area contributed by atoms with Crippen LogP contribution in [0.4, 0.5) is 0 Å². The van der Waals surface area contributed by atoms with Crippen molar-refractivity contribution in [2.75, 3.05) is 0 Å². The molecule has 0 spiro atoms. The lowest BCUT2D eigenvalue weighted by Crippen LogP contribution is -2.42. The maximum absolute atomic E-state index is 5.67. The Bertz CT molecular complexity index is 3110. The molecule has 6 aromatic carbocycles. The quantitative estimate of drug-likeness (QED) is 0.178. The predicted molar refractivity (Wildman–Crippen MR) is 242 cm³/mol. The normalized spacial score (nSPS) is 20.5. The van der Waals surface area contributed by atoms with Gasteiger partial charge in [-0.3, -0.25) is 0 Å². The molecule has 3 nitrogen and oxygen atoms in total. The maximum Gasteiger partial charge on any atom is 0.151 e. The van der Waals surface area contributed by atoms with Crippen LogP contribution in [0.2, 0.25) is 0 Å². The third kappa shape index (κ3) is 5.07. The summed E-state index contributed by atoms with van der Waals surface area (Å²) in [7, 11) is 0. The third-order valence-electron chi connectivity index (χ3n) is 12.3. The first-order valence-electron chi connectivity index (χ1n) is 19.8. The molecule has 12 rings (SSSR count). The minimum atomic E-state index is -0.271. The summed E-state index contributed by atoms with van der Waals surface area (Å²) >= 11 is 3.81. The van der Waals surface area contributed by atoms with E-state index in [9.17, 15) is 0 Å². The lowest BCUT2D eigenvalue weighted by molar-refractivity contribution is 0.551. The fourth-order valence-electron chi connectivity index (χ4n) is 9.69. The molecular formula is C51H37N3S2. The molecule has 1 aliphatic heterocycles. The van der Waals surface area contributed by atoms with Crippen LogP contribution in [0.15, 0.2) is 156 Å². The average molecular weight is 756 g/mol. The van der Waals surface area contributed by atoms with Crippen LogP contribution in [0, 0.1) is 5.92 Å². The van der Waals surface area contributed by atoms with Gasteiger partial charge < -0.3 is 5.32 Å². The first-order chi connectivity index (χ1) is 27.7. The molecule has 2 aromatic heterocycles. The van der Waals surface area contributed by atoms with Crippen LogP contribution in [0.3, 0.4) is 0 Å². The molecule has 3 unspecified atom stereocenters. The van der Waals surface area contributed by atoms with Crippen molar-refractivity contribution in [1.29, 1.82) is 0 Å². The van der Waals surface area contributed by atoms with Crippen molar-refractivity contribution < 1.29 is 0 Å². The molecule has 56 heavy (non-hydrogen) atoms. The number of allylic oxidation sites excluding steroid dienone is 5. The monoisotopic (exact) mass is 755 g/mol. The zero-order chi connectivity index (χ0) is 36.7. The van der Waals surface area contributed by atoms with Crippen molar-refractivity contribution in [3.63, 3.8) is 0 Å². The van der Waals surface area contributed by atoms with E-state index in [0.29, 0.717) is 0 Å². The summed E-state index contributed by atoms with van der Waals surface area (Å²) < 4.78 is 2.67. The van der Waals surface area contributed by atoms with Gasteiger partial charge in [0.1, 0.15) is 11.7 Å². The zero-order valence-electron chi connectivity index (χ0n) is 30.7. The molecule has 5 heteroatoms. The van der Waals surface area contributed by atoms with Crippen LogP contribution in [0.1, 0.15) is 51.6 Å². The molecule has 1 N–H and O–H groups in total. The van der Waals surface area contributed by atoms with Crippen LogP contribution in [0.5, 0.6) is 0 Å². The van der Waals surface area contributed by atoms with Gasteiger partial charge in [-0.1, -0.05) is 127 Å². The molecule has 0 bridgehead atoms. The summed E-state index contributed by atoms with van der Waals surface area (Å²) in [4.78, 5) is 14.0. The van der Waals surface area contributed by atoms with E-state index in [4.69, 9.17) is 9.98 Å². The Morgan fingerprint density at radius 3 is 2.07 bits per heavy atom. The lowest BCUT2D eigenvalue weighted by atomic mass is 9.80. The van der Waals surface area contributed by atoms with Crippen LogP contribution >= 0.6 is 22.7 Å². The summed E-state index contributed by atoms with van der Waals surface area (Å²) in [5.74, 6) is 2.25. The summed E-state index contributed by atoms with van der Waals surface area (Å²) in [5, 5.41) is 14.4. The van der Waals surface area contributed by atoms with E-state index in [1.165, 1.54) is 90.1 Å². The molecule has 0 fully saturated rings. The van der Waals surface area contributed by atoms with Gasteiger partial charge in [-0.15, -0.1) is 22.7 Å². The van der Waals surface area contributed by atoms with E-state index >= 15 is 0 Å². The van der Waals surface area contributed by atoms with Gasteiger partial charge in [0.25, 0.3) is 0 Å². The highest BCUT2D eigenvalue weighted by molar-refractivity contribution is 7.20. The van der Waals surface area contributed by atoms with Crippen molar-refractivity contribution in [3.05, 3.63) is 172 Å². The van der Waals surface area contributed by atoms with Crippen LogP contribution in [-0.2, 0) is 6.42 Å². The van der Waals surface area contributed by atoms with Crippen LogP contribution in [-0.4, -0.2) is 17.8 Å². The predicted octanol–water partition coefficient (Wildman–Crippen LogP) is 13.5. The Balaban J connectivity index is 1.03. The second-order valence-electron chi connectivity index (χ2n) is 15.5. The molecule has 3 heterocycles. The number of benzene rings is 6. The number of hydrogen-bond donors (Lipinski definition) is 1. The number of rotatable bonds is 4. The molecule has 0 saturated heterocycles. The average Bonchev–Trinajstić information content (AvgIpc) is 3.85. The molecule has 0 amide bonds. The Kier molecular flexibility index (Phi) is 7.42. The highest BCUT2D eigenvalue weighted by atomic mass is 32.1. The SMILES string of the molecule is C1=CCC(C2=NC(C3CC(c4ccc5c6ccccc6c6ccccc6c5c4)=Cc4sc5ccccc5c43)N=C(C3=CCCc4c3sc3ccccc43)N2)C=C1. The first-order valence-corrected chi connectivity index (χ1v) is 21.4. The topological polar surface area (TPSA) is 36.8 Å². The van der Waals surface area contributed by atoms with Gasteiger partial charge in [0.2, 0.25) is 0 Å². The number of amidine groups is 2. The summed E-state index contributed by atoms with van der Waals surface area (Å²) in [6.45, 7) is 0. The Hall–Kier alpha value is -5.88. The number of thiophene rings is 2. The number of hydrogen-bond acceptors (Lipinski definition) is 5. The number of fused-ring (bicyclic) bond motifs is 12. The van der Waals surface area contributed by atoms with Crippen molar-refractivity contribution in [2.45, 2.75) is 37.8 Å². The highest BCUT2D eigenvalue weighted by Gasteiger charge is 2.36. The lowest BCUT2D eigenvalue weighted by Gasteiger charge is -2.33. The van der Waals surface area contributed by atoms with Gasteiger partial charge in [0.15, 0.2) is 6.17 Å². The van der Waals surface area contributed by atoms with E-state index < -0.39 is 0 Å². The molecule has 3 atom stereocenters. The largest absolute Gasteiger partial charge is 0.328 e. The summed E-state index contributed by atoms with van der Waals surface area (Å²) in [6.07, 6.45) is 17.4. The number of aryl methyl sites for hydroxylation is 1. The van der Waals surface area contributed by atoms with Gasteiger partial charge in [-0.2, -0.15) is 0 Å². The smallest absolute Gasteiger partial charge is 0.151 e. The fourth-order valence-corrected chi connectivity index (χ4v) is 12.2. The summed E-state index contributed by atoms with van der Waals surface area (Å²) in [5.41, 5.74) is 6.71. The second kappa shape index (κ2) is 12.8. The zero-order valence-corrected chi connectivity index (χ0v) is 32.3. The first kappa shape index (κ1) is 32.4. The Labute approximate surface area is 333 Å². The van der Waals surface area contributed by atoms with E-state index in [1.54, 1.807) is 0 Å². The highest BCUT2D eigenvalue weighted by Crippen LogP contribution is 2.50. The number of aliphatic imine (C=N–C) groups is 2. The minimum absolute atomic E-state index is 0.0754. The fraction of sp³-hybridized carbons (Fsp3) is 0.137. The number of nitrogens with zero attached hydrogens (tertiary/aromatic N) is 2. The summed E-state index contributed by atoms with van der Waals surface area (Å²) in [6, 6.07) is 42.7. The molecule has 4 aliphatic rings. The third-order valence-corrected chi connectivity index (χ3v) is 14.7. The van der Waals surface area contributed by atoms with Crippen molar-refractivity contribution in [1.82, 2.24) is 5.32 Å². The molecule has 0 radical (unpaired) electrons. The minimum Gasteiger partial charge on any atom is -0.328 e. The number of nitrogens with one attached hydrogen (secondary N) is 1. The van der Waals surface area contributed by atoms with Crippen LogP contribution < -0.4 is 5.32 Å². The maximum atomic E-state index is 5.67. The Morgan fingerprint density at radius 1 is 0.643 bits per heavy atom. The van der Waals surface area contributed by atoms with Crippen molar-refractivity contribution in [2.24, 2.45) is 15.9 Å². The van der Waals surface area contributed by atoms with Crippen LogP contribution in [0.25, 0.3) is 69.7 Å². The standard InChI is InChI=1S/C51H37N3S2/c1-2-13-30(14-3-1)49-52-50(41-22-12-21-39-38-19-8-10-23-44(38)56-48(39)41)54-51(53-49)43-28-32(29-46-47(43)40-20-9-11-24-45(40)55-46)31-25-26-37-35-17-5-4-15-33(35)34-16-6-7-18-36(34)42(37)27-31/h1-11,13,15-20,22-27,29-30,43,51H,12,14,21,28H2,(H,52,53,54). The van der Waals surface area contributed by atoms with E-state index in [-0.39, 0.29) is 18.0 Å². The van der Waals surface area contributed by atoms with Crippen molar-refractivity contribution >= 4 is 104 Å². The molecular weight excluding hydrogens is 719 g/mol. The molecule has 8 aromatic rings. The second-order valence-corrected chi connectivity index (χ2v) is 17.6. The van der Waals surface area contributed by atoms with Gasteiger partial charge >= 0.3 is 0 Å². The van der Waals surface area contributed by atoms with Crippen molar-refractivity contribution in [3.8, 4) is 0 Å². The Morgan fingerprint density at radius 2 is 1.32 bits per heavy atom. The van der Waals surface area contributed by atoms with E-state index in [2.05, 4.69) is 157 Å². The van der Waals surface area contributed by atoms with Gasteiger partial charge in [-0.25, -0.2) is 9.98 Å². The molecule has 0 saturated carbocycles. The van der Waals surface area contributed by atoms with Gasteiger partial charge in [0.05, 0.1) is 0 Å². The molecule has 3 aliphatic carbocycles. The van der Waals surface area contributed by atoms with E-state index in [1.807, 2.05) is 22.7 Å². The van der Waals surface area contributed by atoms with Gasteiger partial charge in [-0.05, 0) is 115 Å². The molecule has 268 valence electrons. The van der Waals surface area contributed by atoms with Gasteiger partial charge in [0, 0.05) is 36.6 Å².